The van der Waals surface area contributed by atoms with Gasteiger partial charge in [-0.15, -0.1) is 0 Å². The number of anilines is 1. The lowest BCUT2D eigenvalue weighted by Gasteiger charge is -2.17. The quantitative estimate of drug-likeness (QED) is 0.280. The first-order valence-electron chi connectivity index (χ1n) is 9.55. The Morgan fingerprint density at radius 3 is 2.33 bits per heavy atom. The SMILES string of the molecule is COC(C)C(=O)OC(CCCCCC(=O)Nc1ccccc1S(=O)(=O)OC)C(C)=O. The predicted octanol–water partition coefficient (Wildman–Crippen LogP) is 2.45. The van der Waals surface area contributed by atoms with Crippen LogP contribution >= 0.6 is 0 Å². The highest BCUT2D eigenvalue weighted by Gasteiger charge is 2.23. The molecule has 0 aliphatic carbocycles. The standard InChI is InChI=1S/C20H29NO8S/c1-14(22)17(29-20(24)15(2)27-3)11-6-5-7-13-19(23)21-16-10-8-9-12-18(16)30(25,26)28-4/h8-10,12,15,17H,5-7,11,13H2,1-4H3,(H,21,23). The van der Waals surface area contributed by atoms with Crippen LogP contribution in [0.3, 0.4) is 0 Å². The van der Waals surface area contributed by atoms with Crippen LogP contribution in [0.2, 0.25) is 0 Å². The zero-order valence-corrected chi connectivity index (χ0v) is 18.5. The number of hydrogen-bond donors (Lipinski definition) is 1. The van der Waals surface area contributed by atoms with E-state index in [9.17, 15) is 22.8 Å². The van der Waals surface area contributed by atoms with Gasteiger partial charge in [-0.3, -0.25) is 13.8 Å². The molecule has 0 fully saturated rings. The zero-order valence-electron chi connectivity index (χ0n) is 17.7. The first kappa shape index (κ1) is 25.7. The molecule has 0 heterocycles. The lowest BCUT2D eigenvalue weighted by molar-refractivity contribution is -0.163. The maximum Gasteiger partial charge on any atom is 0.335 e. The molecule has 1 aromatic carbocycles. The van der Waals surface area contributed by atoms with Crippen molar-refractivity contribution in [1.29, 1.82) is 0 Å². The molecule has 0 aliphatic rings. The van der Waals surface area contributed by atoms with Crippen molar-refractivity contribution in [2.24, 2.45) is 0 Å². The summed E-state index contributed by atoms with van der Waals surface area (Å²) in [6.45, 7) is 2.89. The van der Waals surface area contributed by atoms with Crippen LogP contribution in [0.4, 0.5) is 5.69 Å². The number of hydrogen-bond acceptors (Lipinski definition) is 8. The van der Waals surface area contributed by atoms with E-state index in [1.807, 2.05) is 0 Å². The van der Waals surface area contributed by atoms with Gasteiger partial charge in [0.05, 0.1) is 12.8 Å². The monoisotopic (exact) mass is 443 g/mol. The number of unbranched alkanes of at least 4 members (excludes halogenated alkanes) is 2. The highest BCUT2D eigenvalue weighted by Crippen LogP contribution is 2.22. The van der Waals surface area contributed by atoms with Gasteiger partial charge < -0.3 is 14.8 Å². The van der Waals surface area contributed by atoms with Crippen LogP contribution in [0.1, 0.15) is 46.0 Å². The third-order valence-electron chi connectivity index (χ3n) is 4.42. The van der Waals surface area contributed by atoms with Gasteiger partial charge in [0.1, 0.15) is 4.90 Å². The second kappa shape index (κ2) is 12.4. The van der Waals surface area contributed by atoms with Gasteiger partial charge in [-0.05, 0) is 45.2 Å². The lowest BCUT2D eigenvalue weighted by atomic mass is 10.1. The Hall–Kier alpha value is -2.30. The van der Waals surface area contributed by atoms with E-state index in [0.29, 0.717) is 25.7 Å². The smallest absolute Gasteiger partial charge is 0.335 e. The van der Waals surface area contributed by atoms with E-state index in [1.54, 1.807) is 6.07 Å². The summed E-state index contributed by atoms with van der Waals surface area (Å²) < 4.78 is 38.4. The normalized spacial score (nSPS) is 13.3. The van der Waals surface area contributed by atoms with Gasteiger partial charge in [-0.1, -0.05) is 18.6 Å². The van der Waals surface area contributed by atoms with Crippen LogP contribution in [0.25, 0.3) is 0 Å². The van der Waals surface area contributed by atoms with Crippen molar-refractivity contribution in [1.82, 2.24) is 0 Å². The van der Waals surface area contributed by atoms with Gasteiger partial charge in [0, 0.05) is 13.5 Å². The number of Topliss-reactive ketones (excluding diaryl/α,β-unsaturated/α-hetero) is 1. The summed E-state index contributed by atoms with van der Waals surface area (Å²) in [5.74, 6) is -1.18. The van der Waals surface area contributed by atoms with Gasteiger partial charge in [0.15, 0.2) is 18.0 Å². The fourth-order valence-corrected chi connectivity index (χ4v) is 3.37. The second-order valence-electron chi connectivity index (χ2n) is 6.68. The third-order valence-corrected chi connectivity index (χ3v) is 5.75. The second-order valence-corrected chi connectivity index (χ2v) is 8.36. The van der Waals surface area contributed by atoms with Crippen molar-refractivity contribution < 1.29 is 36.5 Å². The summed E-state index contributed by atoms with van der Waals surface area (Å²) in [5.41, 5.74) is 0.153. The van der Waals surface area contributed by atoms with E-state index in [1.165, 1.54) is 39.2 Å². The van der Waals surface area contributed by atoms with Crippen molar-refractivity contribution in [3.05, 3.63) is 24.3 Å². The van der Waals surface area contributed by atoms with E-state index in [-0.39, 0.29) is 28.7 Å². The molecule has 2 unspecified atom stereocenters. The Balaban J connectivity index is 2.47. The van der Waals surface area contributed by atoms with Gasteiger partial charge in [-0.2, -0.15) is 8.42 Å². The van der Waals surface area contributed by atoms with E-state index in [2.05, 4.69) is 9.50 Å². The number of nitrogens with one attached hydrogen (secondary N) is 1. The molecule has 0 aromatic heterocycles. The van der Waals surface area contributed by atoms with Crippen molar-refractivity contribution in [3.63, 3.8) is 0 Å². The predicted molar refractivity (Wildman–Crippen MR) is 109 cm³/mol. The van der Waals surface area contributed by atoms with Crippen LogP contribution < -0.4 is 5.32 Å². The van der Waals surface area contributed by atoms with Gasteiger partial charge in [0.25, 0.3) is 10.1 Å². The molecule has 1 aromatic rings. The van der Waals surface area contributed by atoms with E-state index in [4.69, 9.17) is 9.47 Å². The number of ketones is 1. The number of amides is 1. The molecule has 30 heavy (non-hydrogen) atoms. The number of rotatable bonds is 13. The summed E-state index contributed by atoms with van der Waals surface area (Å²) in [4.78, 5) is 35.5. The summed E-state index contributed by atoms with van der Waals surface area (Å²) in [6, 6.07) is 5.98. The number of carbonyl (C=O) groups excluding carboxylic acids is 3. The van der Waals surface area contributed by atoms with E-state index < -0.39 is 28.3 Å². The molecule has 0 spiro atoms. The molecule has 168 valence electrons. The maximum absolute atomic E-state index is 12.2. The molecule has 9 nitrogen and oxygen atoms in total. The Morgan fingerprint density at radius 1 is 1.07 bits per heavy atom. The first-order valence-corrected chi connectivity index (χ1v) is 11.0. The van der Waals surface area contributed by atoms with E-state index >= 15 is 0 Å². The third kappa shape index (κ3) is 8.21. The maximum atomic E-state index is 12.2. The lowest BCUT2D eigenvalue weighted by Crippen LogP contribution is -2.31. The van der Waals surface area contributed by atoms with Crippen molar-refractivity contribution >= 4 is 33.5 Å². The summed E-state index contributed by atoms with van der Waals surface area (Å²) >= 11 is 0. The molecule has 1 rings (SSSR count). The first-order chi connectivity index (χ1) is 14.1. The fraction of sp³-hybridized carbons (Fsp3) is 0.550. The molecule has 1 N–H and O–H groups in total. The number of esters is 1. The molecule has 0 bridgehead atoms. The molecule has 0 saturated carbocycles. The molecule has 0 saturated heterocycles. The van der Waals surface area contributed by atoms with Crippen LogP contribution in [-0.2, 0) is 38.2 Å². The highest BCUT2D eigenvalue weighted by molar-refractivity contribution is 7.87. The molecular weight excluding hydrogens is 414 g/mol. The number of carbonyl (C=O) groups is 3. The largest absolute Gasteiger partial charge is 0.452 e. The van der Waals surface area contributed by atoms with Gasteiger partial charge in [-0.25, -0.2) is 4.79 Å². The van der Waals surface area contributed by atoms with Gasteiger partial charge >= 0.3 is 5.97 Å². The number of methoxy groups -OCH3 is 1. The van der Waals surface area contributed by atoms with Crippen molar-refractivity contribution in [3.8, 4) is 0 Å². The summed E-state index contributed by atoms with van der Waals surface area (Å²) in [5, 5.41) is 2.58. The molecular formula is C20H29NO8S. The average molecular weight is 444 g/mol. The molecule has 0 aliphatic heterocycles. The highest BCUT2D eigenvalue weighted by atomic mass is 32.2. The zero-order chi connectivity index (χ0) is 22.7. The van der Waals surface area contributed by atoms with Crippen molar-refractivity contribution in [2.45, 2.75) is 63.1 Å². The Morgan fingerprint density at radius 2 is 1.73 bits per heavy atom. The molecule has 2 atom stereocenters. The minimum absolute atomic E-state index is 0.114. The fourth-order valence-electron chi connectivity index (χ4n) is 2.56. The molecule has 10 heteroatoms. The Kier molecular flexibility index (Phi) is 10.6. The molecule has 0 radical (unpaired) electrons. The van der Waals surface area contributed by atoms with Crippen LogP contribution in [0.5, 0.6) is 0 Å². The number of benzene rings is 1. The average Bonchev–Trinajstić information content (AvgIpc) is 2.71. The van der Waals surface area contributed by atoms with E-state index in [0.717, 1.165) is 7.11 Å². The van der Waals surface area contributed by atoms with Crippen molar-refractivity contribution in [2.75, 3.05) is 19.5 Å². The number of para-hydroxylation sites is 1. The topological polar surface area (TPSA) is 125 Å². The van der Waals surface area contributed by atoms with Crippen LogP contribution in [0.15, 0.2) is 29.2 Å². The molecule has 1 amide bonds. The number of ether oxygens (including phenoxy) is 2. The van der Waals surface area contributed by atoms with Crippen LogP contribution in [0, 0.1) is 0 Å². The Labute approximate surface area is 177 Å². The summed E-state index contributed by atoms with van der Waals surface area (Å²) in [6.07, 6.45) is 0.682. The van der Waals surface area contributed by atoms with Gasteiger partial charge in [0.2, 0.25) is 5.91 Å². The Bertz CT molecular complexity index is 837. The minimum atomic E-state index is -3.94. The minimum Gasteiger partial charge on any atom is -0.452 e. The van der Waals surface area contributed by atoms with Crippen LogP contribution in [-0.4, -0.2) is 52.5 Å². The summed E-state index contributed by atoms with van der Waals surface area (Å²) in [7, 11) is -1.51.